The third kappa shape index (κ3) is 3.35. The summed E-state index contributed by atoms with van der Waals surface area (Å²) in [6.07, 6.45) is 0. The number of aliphatic hydroxyl groups excluding tert-OH is 1. The van der Waals surface area contributed by atoms with E-state index in [1.807, 2.05) is 13.8 Å². The molecule has 1 aromatic rings. The second-order valence-electron chi connectivity index (χ2n) is 4.34. The monoisotopic (exact) mass is 309 g/mol. The number of hydrogen-bond acceptors (Lipinski definition) is 3. The number of benzene rings is 1. The van der Waals surface area contributed by atoms with Crippen molar-refractivity contribution in [3.8, 4) is 5.75 Å². The Morgan fingerprint density at radius 3 is 2.44 bits per heavy atom. The molecule has 0 radical (unpaired) electrons. The van der Waals surface area contributed by atoms with Gasteiger partial charge in [-0.3, -0.25) is 0 Å². The van der Waals surface area contributed by atoms with Crippen LogP contribution in [0.5, 0.6) is 5.75 Å². The molecule has 1 atom stereocenters. The van der Waals surface area contributed by atoms with Crippen molar-refractivity contribution in [2.75, 3.05) is 6.61 Å². The van der Waals surface area contributed by atoms with Crippen molar-refractivity contribution in [3.05, 3.63) is 28.2 Å². The number of rotatable bonds is 3. The molecule has 0 aliphatic carbocycles. The molecule has 0 aliphatic heterocycles. The zero-order chi connectivity index (χ0) is 11.6. The molecule has 0 aromatic heterocycles. The van der Waals surface area contributed by atoms with E-state index in [9.17, 15) is 10.2 Å². The quantitative estimate of drug-likeness (QED) is 0.804. The lowest BCUT2D eigenvalue weighted by molar-refractivity contribution is 0.132. The van der Waals surface area contributed by atoms with Crippen molar-refractivity contribution in [2.24, 2.45) is 11.1 Å². The lowest BCUT2D eigenvalue weighted by Gasteiger charge is -2.29. The Bertz CT molecular complexity index is 358. The molecular weight excluding hydrogens is 293 g/mol. The minimum atomic E-state index is -0.379. The molecule has 0 unspecified atom stereocenters. The van der Waals surface area contributed by atoms with Gasteiger partial charge in [-0.05, 0) is 33.6 Å². The van der Waals surface area contributed by atoms with Crippen molar-refractivity contribution in [3.63, 3.8) is 0 Å². The number of phenolic OH excluding ortho intramolecular Hbond substituents is 1. The SMILES string of the molecule is CC(C)(CO)[C@@H](N)c1ccc(O)c(Br)c1.Cl. The highest BCUT2D eigenvalue weighted by Gasteiger charge is 2.27. The topological polar surface area (TPSA) is 66.5 Å². The smallest absolute Gasteiger partial charge is 0.129 e. The molecule has 92 valence electrons. The van der Waals surface area contributed by atoms with Crippen LogP contribution in [0.4, 0.5) is 0 Å². The molecular formula is C11H17BrClNO2. The highest BCUT2D eigenvalue weighted by atomic mass is 79.9. The number of phenols is 1. The molecule has 16 heavy (non-hydrogen) atoms. The summed E-state index contributed by atoms with van der Waals surface area (Å²) in [6.45, 7) is 3.82. The van der Waals surface area contributed by atoms with Gasteiger partial charge in [0.25, 0.3) is 0 Å². The Balaban J connectivity index is 0.00000225. The van der Waals surface area contributed by atoms with Crippen molar-refractivity contribution in [2.45, 2.75) is 19.9 Å². The largest absolute Gasteiger partial charge is 0.507 e. The normalized spacial score (nSPS) is 13.1. The lowest BCUT2D eigenvalue weighted by atomic mass is 9.82. The Hall–Kier alpha value is -0.290. The van der Waals surface area contributed by atoms with Gasteiger partial charge in [-0.25, -0.2) is 0 Å². The number of hydrogen-bond donors (Lipinski definition) is 3. The Morgan fingerprint density at radius 1 is 1.44 bits per heavy atom. The summed E-state index contributed by atoms with van der Waals surface area (Å²) in [7, 11) is 0. The summed E-state index contributed by atoms with van der Waals surface area (Å²) in [5, 5.41) is 18.6. The standard InChI is InChI=1S/C11H16BrNO2.ClH/c1-11(2,6-14)10(13)7-3-4-9(15)8(12)5-7;/h3-5,10,14-15H,6,13H2,1-2H3;1H/t10-;/m0./s1. The number of nitrogens with two attached hydrogens (primary N) is 1. The molecule has 4 N–H and O–H groups in total. The zero-order valence-electron chi connectivity index (χ0n) is 9.27. The molecule has 5 heteroatoms. The number of halogens is 2. The van der Waals surface area contributed by atoms with E-state index >= 15 is 0 Å². The van der Waals surface area contributed by atoms with Crippen LogP contribution >= 0.6 is 28.3 Å². The summed E-state index contributed by atoms with van der Waals surface area (Å²) in [4.78, 5) is 0. The minimum Gasteiger partial charge on any atom is -0.507 e. The number of aromatic hydroxyl groups is 1. The van der Waals surface area contributed by atoms with Crippen LogP contribution in [0.2, 0.25) is 0 Å². The molecule has 0 heterocycles. The predicted molar refractivity (Wildman–Crippen MR) is 70.9 cm³/mol. The van der Waals surface area contributed by atoms with Crippen LogP contribution in [0.3, 0.4) is 0 Å². The highest BCUT2D eigenvalue weighted by molar-refractivity contribution is 9.10. The molecule has 0 saturated carbocycles. The molecule has 0 amide bonds. The fraction of sp³-hybridized carbons (Fsp3) is 0.455. The van der Waals surface area contributed by atoms with E-state index in [1.165, 1.54) is 0 Å². The van der Waals surface area contributed by atoms with Gasteiger partial charge in [0.1, 0.15) is 5.75 Å². The van der Waals surface area contributed by atoms with Gasteiger partial charge in [0, 0.05) is 18.1 Å². The van der Waals surface area contributed by atoms with Gasteiger partial charge in [0.2, 0.25) is 0 Å². The Morgan fingerprint density at radius 2 is 2.00 bits per heavy atom. The van der Waals surface area contributed by atoms with Crippen LogP contribution in [0.25, 0.3) is 0 Å². The van der Waals surface area contributed by atoms with E-state index < -0.39 is 0 Å². The van der Waals surface area contributed by atoms with Gasteiger partial charge >= 0.3 is 0 Å². The van der Waals surface area contributed by atoms with Crippen LogP contribution in [0, 0.1) is 5.41 Å². The minimum absolute atomic E-state index is 0. The molecule has 1 rings (SSSR count). The van der Waals surface area contributed by atoms with E-state index in [2.05, 4.69) is 15.9 Å². The maximum absolute atomic E-state index is 9.35. The van der Waals surface area contributed by atoms with Crippen molar-refractivity contribution >= 4 is 28.3 Å². The van der Waals surface area contributed by atoms with Crippen LogP contribution in [-0.4, -0.2) is 16.8 Å². The summed E-state index contributed by atoms with van der Waals surface area (Å²) < 4.78 is 0.615. The molecule has 3 nitrogen and oxygen atoms in total. The predicted octanol–water partition coefficient (Wildman–Crippen LogP) is 2.59. The first-order valence-corrected chi connectivity index (χ1v) is 5.52. The van der Waals surface area contributed by atoms with E-state index in [-0.39, 0.29) is 36.2 Å². The number of aliphatic hydroxyl groups is 1. The van der Waals surface area contributed by atoms with Crippen LogP contribution < -0.4 is 5.73 Å². The molecule has 0 spiro atoms. The van der Waals surface area contributed by atoms with Crippen LogP contribution in [0.15, 0.2) is 22.7 Å². The van der Waals surface area contributed by atoms with E-state index in [1.54, 1.807) is 18.2 Å². The van der Waals surface area contributed by atoms with Gasteiger partial charge < -0.3 is 15.9 Å². The second kappa shape index (κ2) is 5.87. The summed E-state index contributed by atoms with van der Waals surface area (Å²) in [5.41, 5.74) is 6.55. The molecule has 1 aromatic carbocycles. The lowest BCUT2D eigenvalue weighted by Crippen LogP contribution is -2.32. The summed E-state index contributed by atoms with van der Waals surface area (Å²) >= 11 is 3.23. The molecule has 0 aliphatic rings. The molecule has 0 fully saturated rings. The first-order valence-electron chi connectivity index (χ1n) is 4.73. The van der Waals surface area contributed by atoms with Crippen LogP contribution in [0.1, 0.15) is 25.5 Å². The maximum atomic E-state index is 9.35. The van der Waals surface area contributed by atoms with E-state index in [0.29, 0.717) is 4.47 Å². The van der Waals surface area contributed by atoms with Crippen molar-refractivity contribution < 1.29 is 10.2 Å². The second-order valence-corrected chi connectivity index (χ2v) is 5.19. The van der Waals surface area contributed by atoms with Gasteiger partial charge in [-0.2, -0.15) is 0 Å². The van der Waals surface area contributed by atoms with Gasteiger partial charge in [-0.1, -0.05) is 19.9 Å². The van der Waals surface area contributed by atoms with Gasteiger partial charge in [0.15, 0.2) is 0 Å². The zero-order valence-corrected chi connectivity index (χ0v) is 11.7. The average Bonchev–Trinajstić information content (AvgIpc) is 2.21. The third-order valence-corrected chi connectivity index (χ3v) is 3.22. The van der Waals surface area contributed by atoms with Crippen LogP contribution in [-0.2, 0) is 0 Å². The van der Waals surface area contributed by atoms with Crippen molar-refractivity contribution in [1.82, 2.24) is 0 Å². The summed E-state index contributed by atoms with van der Waals surface area (Å²) in [5.74, 6) is 0.188. The Kier molecular flexibility index (Phi) is 5.76. The van der Waals surface area contributed by atoms with Gasteiger partial charge in [0.05, 0.1) is 4.47 Å². The molecule has 0 bridgehead atoms. The fourth-order valence-electron chi connectivity index (χ4n) is 1.27. The van der Waals surface area contributed by atoms with Crippen molar-refractivity contribution in [1.29, 1.82) is 0 Å². The Labute approximate surface area is 110 Å². The van der Waals surface area contributed by atoms with Gasteiger partial charge in [-0.15, -0.1) is 12.4 Å². The first-order chi connectivity index (χ1) is 6.88. The fourth-order valence-corrected chi connectivity index (χ4v) is 1.66. The summed E-state index contributed by atoms with van der Waals surface area (Å²) in [6, 6.07) is 4.87. The third-order valence-electron chi connectivity index (χ3n) is 2.58. The van der Waals surface area contributed by atoms with E-state index in [4.69, 9.17) is 5.73 Å². The first kappa shape index (κ1) is 15.7. The average molecular weight is 311 g/mol. The van der Waals surface area contributed by atoms with E-state index in [0.717, 1.165) is 5.56 Å². The molecule has 0 saturated heterocycles. The highest BCUT2D eigenvalue weighted by Crippen LogP contribution is 2.34. The maximum Gasteiger partial charge on any atom is 0.129 e.